The molecule has 1 fully saturated rings. The lowest BCUT2D eigenvalue weighted by Crippen LogP contribution is -2.37. The van der Waals surface area contributed by atoms with E-state index in [9.17, 15) is 9.59 Å². The largest absolute Gasteiger partial charge is 0.379 e. The highest BCUT2D eigenvalue weighted by molar-refractivity contribution is 5.75. The summed E-state index contributed by atoms with van der Waals surface area (Å²) in [5.74, 6) is 0.433. The molecule has 2 N–H and O–H groups in total. The second-order valence-corrected chi connectivity index (χ2v) is 7.24. The SMILES string of the molecule is Cn1c(=O)n(Cc2cc(=O)[nH]c(NCCCN3CCOCC3)n2)c2ccccc21. The lowest BCUT2D eigenvalue weighted by Gasteiger charge is -2.26. The van der Waals surface area contributed by atoms with E-state index < -0.39 is 0 Å². The van der Waals surface area contributed by atoms with Crippen LogP contribution < -0.4 is 16.6 Å². The molecule has 0 aliphatic carbocycles. The van der Waals surface area contributed by atoms with Crippen LogP contribution in [0.4, 0.5) is 5.95 Å². The summed E-state index contributed by atoms with van der Waals surface area (Å²) in [6, 6.07) is 9.03. The molecule has 2 aromatic heterocycles. The summed E-state index contributed by atoms with van der Waals surface area (Å²) in [4.78, 5) is 34.3. The average molecular weight is 398 g/mol. The lowest BCUT2D eigenvalue weighted by atomic mass is 10.3. The fraction of sp³-hybridized carbons (Fsp3) is 0.450. The second-order valence-electron chi connectivity index (χ2n) is 7.24. The van der Waals surface area contributed by atoms with Gasteiger partial charge in [-0.2, -0.15) is 0 Å². The average Bonchev–Trinajstić information content (AvgIpc) is 2.97. The molecule has 0 unspecified atom stereocenters. The van der Waals surface area contributed by atoms with E-state index in [1.807, 2.05) is 24.3 Å². The topological polar surface area (TPSA) is 97.2 Å². The molecule has 0 radical (unpaired) electrons. The summed E-state index contributed by atoms with van der Waals surface area (Å²) < 4.78 is 8.60. The number of para-hydroxylation sites is 2. The van der Waals surface area contributed by atoms with Crippen molar-refractivity contribution in [2.24, 2.45) is 7.05 Å². The highest BCUT2D eigenvalue weighted by Crippen LogP contribution is 2.12. The summed E-state index contributed by atoms with van der Waals surface area (Å²) in [6.07, 6.45) is 0.941. The minimum Gasteiger partial charge on any atom is -0.379 e. The van der Waals surface area contributed by atoms with E-state index in [0.717, 1.165) is 50.3 Å². The zero-order valence-corrected chi connectivity index (χ0v) is 16.6. The molecular formula is C20H26N6O3. The number of fused-ring (bicyclic) bond motifs is 1. The number of morpholine rings is 1. The number of ether oxygens (including phenoxy) is 1. The van der Waals surface area contributed by atoms with Crippen molar-refractivity contribution in [3.05, 3.63) is 56.9 Å². The number of anilines is 1. The summed E-state index contributed by atoms with van der Waals surface area (Å²) in [5.41, 5.74) is 1.85. The van der Waals surface area contributed by atoms with Gasteiger partial charge in [-0.05, 0) is 25.1 Å². The number of nitrogens with one attached hydrogen (secondary N) is 2. The monoisotopic (exact) mass is 398 g/mol. The van der Waals surface area contributed by atoms with E-state index in [-0.39, 0.29) is 17.8 Å². The Labute approximate surface area is 167 Å². The number of aryl methyl sites for hydroxylation is 1. The maximum absolute atomic E-state index is 12.6. The van der Waals surface area contributed by atoms with Gasteiger partial charge in [0, 0.05) is 32.7 Å². The van der Waals surface area contributed by atoms with Crippen molar-refractivity contribution in [2.45, 2.75) is 13.0 Å². The van der Waals surface area contributed by atoms with Gasteiger partial charge in [-0.15, -0.1) is 0 Å². The van der Waals surface area contributed by atoms with Gasteiger partial charge in [0.1, 0.15) is 0 Å². The van der Waals surface area contributed by atoms with Gasteiger partial charge in [0.2, 0.25) is 5.95 Å². The fourth-order valence-corrected chi connectivity index (χ4v) is 3.68. The molecule has 9 nitrogen and oxygen atoms in total. The molecular weight excluding hydrogens is 372 g/mol. The van der Waals surface area contributed by atoms with Crippen LogP contribution in [0.5, 0.6) is 0 Å². The first-order chi connectivity index (χ1) is 14.1. The summed E-state index contributed by atoms with van der Waals surface area (Å²) in [7, 11) is 1.74. The van der Waals surface area contributed by atoms with Crippen molar-refractivity contribution in [1.29, 1.82) is 0 Å². The number of aromatic nitrogens is 4. The molecule has 4 rings (SSSR count). The van der Waals surface area contributed by atoms with Gasteiger partial charge >= 0.3 is 5.69 Å². The van der Waals surface area contributed by atoms with Crippen molar-refractivity contribution >= 4 is 17.0 Å². The number of aromatic amines is 1. The zero-order valence-electron chi connectivity index (χ0n) is 16.6. The molecule has 3 heterocycles. The van der Waals surface area contributed by atoms with Crippen molar-refractivity contribution in [3.8, 4) is 0 Å². The Hall–Kier alpha value is -2.91. The number of rotatable bonds is 7. The third kappa shape index (κ3) is 4.41. The molecule has 0 atom stereocenters. The van der Waals surface area contributed by atoms with E-state index in [0.29, 0.717) is 18.2 Å². The van der Waals surface area contributed by atoms with Crippen LogP contribution in [0.3, 0.4) is 0 Å². The molecule has 0 saturated carbocycles. The number of imidazole rings is 1. The van der Waals surface area contributed by atoms with Gasteiger partial charge in [0.15, 0.2) is 0 Å². The molecule has 1 saturated heterocycles. The third-order valence-electron chi connectivity index (χ3n) is 5.21. The quantitative estimate of drug-likeness (QED) is 0.566. The minimum atomic E-state index is -0.237. The van der Waals surface area contributed by atoms with Gasteiger partial charge in [0.05, 0.1) is 36.5 Å². The van der Waals surface area contributed by atoms with Crippen molar-refractivity contribution < 1.29 is 4.74 Å². The molecule has 9 heteroatoms. The lowest BCUT2D eigenvalue weighted by molar-refractivity contribution is 0.0378. The number of nitrogens with zero attached hydrogens (tertiary/aromatic N) is 4. The van der Waals surface area contributed by atoms with Crippen LogP contribution in [-0.2, 0) is 18.3 Å². The predicted octanol–water partition coefficient (Wildman–Crippen LogP) is 0.606. The second kappa shape index (κ2) is 8.62. The first-order valence-corrected chi connectivity index (χ1v) is 9.90. The van der Waals surface area contributed by atoms with Crippen LogP contribution in [0.25, 0.3) is 11.0 Å². The van der Waals surface area contributed by atoms with Gasteiger partial charge in [-0.1, -0.05) is 12.1 Å². The third-order valence-corrected chi connectivity index (χ3v) is 5.21. The Morgan fingerprint density at radius 3 is 2.72 bits per heavy atom. The zero-order chi connectivity index (χ0) is 20.2. The summed E-state index contributed by atoms with van der Waals surface area (Å²) in [6.45, 7) is 5.43. The van der Waals surface area contributed by atoms with Crippen LogP contribution in [0.2, 0.25) is 0 Å². The van der Waals surface area contributed by atoms with E-state index in [1.54, 1.807) is 16.2 Å². The Kier molecular flexibility index (Phi) is 5.77. The molecule has 154 valence electrons. The smallest absolute Gasteiger partial charge is 0.329 e. The summed E-state index contributed by atoms with van der Waals surface area (Å²) >= 11 is 0. The molecule has 29 heavy (non-hydrogen) atoms. The maximum Gasteiger partial charge on any atom is 0.329 e. The number of hydrogen-bond donors (Lipinski definition) is 2. The predicted molar refractivity (Wildman–Crippen MR) is 112 cm³/mol. The molecule has 0 amide bonds. The maximum atomic E-state index is 12.6. The normalized spacial score (nSPS) is 15.1. The molecule has 3 aromatic rings. The number of H-pyrrole nitrogens is 1. The van der Waals surface area contributed by atoms with Gasteiger partial charge in [-0.25, -0.2) is 9.78 Å². The highest BCUT2D eigenvalue weighted by atomic mass is 16.5. The molecule has 0 spiro atoms. The Balaban J connectivity index is 1.44. The minimum absolute atomic E-state index is 0.131. The van der Waals surface area contributed by atoms with Crippen LogP contribution in [0.1, 0.15) is 12.1 Å². The van der Waals surface area contributed by atoms with E-state index in [2.05, 4.69) is 20.2 Å². The first-order valence-electron chi connectivity index (χ1n) is 9.90. The van der Waals surface area contributed by atoms with Gasteiger partial charge in [0.25, 0.3) is 5.56 Å². The molecule has 0 bridgehead atoms. The van der Waals surface area contributed by atoms with Gasteiger partial charge in [-0.3, -0.25) is 23.8 Å². The number of hydrogen-bond acceptors (Lipinski definition) is 6. The van der Waals surface area contributed by atoms with E-state index in [1.165, 1.54) is 6.07 Å². The van der Waals surface area contributed by atoms with Crippen molar-refractivity contribution in [2.75, 3.05) is 44.7 Å². The number of benzene rings is 1. The van der Waals surface area contributed by atoms with Crippen molar-refractivity contribution in [1.82, 2.24) is 24.0 Å². The van der Waals surface area contributed by atoms with Crippen LogP contribution in [-0.4, -0.2) is 63.4 Å². The Morgan fingerprint density at radius 2 is 1.93 bits per heavy atom. The summed E-state index contributed by atoms with van der Waals surface area (Å²) in [5, 5.41) is 3.19. The molecule has 1 aromatic carbocycles. The fourth-order valence-electron chi connectivity index (χ4n) is 3.68. The van der Waals surface area contributed by atoms with Gasteiger partial charge < -0.3 is 10.1 Å². The standard InChI is InChI=1S/C20H26N6O3/c1-24-16-5-2-3-6-17(16)26(20(24)28)14-15-13-18(27)23-19(22-15)21-7-4-8-25-9-11-29-12-10-25/h2-3,5-6,13H,4,7-12,14H2,1H3,(H2,21,22,23,27). The van der Waals surface area contributed by atoms with E-state index in [4.69, 9.17) is 4.74 Å². The molecule has 1 aliphatic rings. The van der Waals surface area contributed by atoms with Crippen LogP contribution in [0.15, 0.2) is 39.9 Å². The first kappa shape index (κ1) is 19.4. The van der Waals surface area contributed by atoms with Crippen molar-refractivity contribution in [3.63, 3.8) is 0 Å². The Morgan fingerprint density at radius 1 is 1.17 bits per heavy atom. The molecule has 1 aliphatic heterocycles. The van der Waals surface area contributed by atoms with Crippen LogP contribution in [0, 0.1) is 0 Å². The highest BCUT2D eigenvalue weighted by Gasteiger charge is 2.12. The van der Waals surface area contributed by atoms with E-state index >= 15 is 0 Å². The Bertz CT molecular complexity index is 1090. The van der Waals surface area contributed by atoms with Crippen LogP contribution >= 0.6 is 0 Å².